The Balaban J connectivity index is 1.96. The zero-order valence-electron chi connectivity index (χ0n) is 11.3. The van der Waals surface area contributed by atoms with Gasteiger partial charge in [-0.15, -0.1) is 0 Å². The molecule has 20 heavy (non-hydrogen) atoms. The third-order valence-corrected chi connectivity index (χ3v) is 4.81. The fourth-order valence-corrected chi connectivity index (χ4v) is 3.62. The zero-order chi connectivity index (χ0) is 14.7. The Morgan fingerprint density at radius 3 is 2.85 bits per heavy atom. The summed E-state index contributed by atoms with van der Waals surface area (Å²) in [6.45, 7) is 0.633. The second kappa shape index (κ2) is 6.39. The van der Waals surface area contributed by atoms with Crippen molar-refractivity contribution in [3.63, 3.8) is 0 Å². The molecule has 1 N–H and O–H groups in total. The number of nitrogens with one attached hydrogen (secondary N) is 1. The van der Waals surface area contributed by atoms with Crippen LogP contribution in [0.3, 0.4) is 0 Å². The number of aromatic nitrogens is 1. The average Bonchev–Trinajstić information content (AvgIpc) is 3.01. The number of nitrogens with zero attached hydrogens (tertiary/aromatic N) is 2. The minimum Gasteiger partial charge on any atom is -0.350 e. The third-order valence-electron chi connectivity index (χ3n) is 3.97. The summed E-state index contributed by atoms with van der Waals surface area (Å²) in [5.41, 5.74) is 0.266. The first-order valence-electron chi connectivity index (χ1n) is 6.68. The molecule has 1 amide bonds. The Labute approximate surface area is 125 Å². The largest absolute Gasteiger partial charge is 0.350 e. The molecule has 0 aromatic carbocycles. The molecule has 110 valence electrons. The van der Waals surface area contributed by atoms with E-state index in [1.54, 1.807) is 7.05 Å². The number of nitro groups is 1. The molecular weight excluding hydrogens is 326 g/mol. The molecule has 1 heterocycles. The van der Waals surface area contributed by atoms with Gasteiger partial charge >= 0.3 is 0 Å². The van der Waals surface area contributed by atoms with Crippen LogP contribution in [0, 0.1) is 22.0 Å². The Bertz CT molecular complexity index is 515. The van der Waals surface area contributed by atoms with E-state index in [4.69, 9.17) is 0 Å². The van der Waals surface area contributed by atoms with Crippen LogP contribution in [0.1, 0.15) is 29.8 Å². The fourth-order valence-electron chi connectivity index (χ4n) is 2.77. The molecule has 6 nitrogen and oxygen atoms in total. The predicted molar refractivity (Wildman–Crippen MR) is 79.0 cm³/mol. The van der Waals surface area contributed by atoms with Crippen LogP contribution in [0.5, 0.6) is 0 Å². The Hall–Kier alpha value is -1.37. The van der Waals surface area contributed by atoms with Crippen molar-refractivity contribution >= 4 is 27.5 Å². The topological polar surface area (TPSA) is 77.2 Å². The quantitative estimate of drug-likeness (QED) is 0.506. The molecule has 0 bridgehead atoms. The van der Waals surface area contributed by atoms with Crippen LogP contribution in [-0.4, -0.2) is 27.3 Å². The molecule has 2 atom stereocenters. The summed E-state index contributed by atoms with van der Waals surface area (Å²) in [7, 11) is 1.64. The Morgan fingerprint density at radius 1 is 1.55 bits per heavy atom. The molecule has 1 aliphatic carbocycles. The van der Waals surface area contributed by atoms with Gasteiger partial charge in [-0.1, -0.05) is 22.4 Å². The van der Waals surface area contributed by atoms with Gasteiger partial charge in [0.05, 0.1) is 11.1 Å². The number of carbonyl (C=O) groups excluding carboxylic acids is 1. The first-order chi connectivity index (χ1) is 9.52. The lowest BCUT2D eigenvalue weighted by Crippen LogP contribution is -2.32. The lowest BCUT2D eigenvalue weighted by atomic mass is 9.98. The van der Waals surface area contributed by atoms with E-state index in [0.717, 1.165) is 11.8 Å². The molecule has 0 spiro atoms. The van der Waals surface area contributed by atoms with Gasteiger partial charge in [-0.3, -0.25) is 14.9 Å². The van der Waals surface area contributed by atoms with Gasteiger partial charge in [-0.25, -0.2) is 0 Å². The van der Waals surface area contributed by atoms with Gasteiger partial charge < -0.3 is 9.88 Å². The van der Waals surface area contributed by atoms with Crippen molar-refractivity contribution in [1.82, 2.24) is 9.88 Å². The van der Waals surface area contributed by atoms with Gasteiger partial charge in [0, 0.05) is 25.0 Å². The highest BCUT2D eigenvalue weighted by Gasteiger charge is 2.27. The monoisotopic (exact) mass is 343 g/mol. The molecular formula is C13H18BrN3O3. The second-order valence-electron chi connectivity index (χ2n) is 5.27. The maximum absolute atomic E-state index is 12.1. The summed E-state index contributed by atoms with van der Waals surface area (Å²) in [5, 5.41) is 14.5. The van der Waals surface area contributed by atoms with Crippen LogP contribution in [0.25, 0.3) is 0 Å². The van der Waals surface area contributed by atoms with E-state index in [1.807, 2.05) is 0 Å². The molecule has 1 aromatic heterocycles. The standard InChI is InChI=1S/C13H18BrN3O3/c1-16-8-11(17(19)20)5-12(16)13(18)15-7-10-4-2-3-9(10)6-14/h5,8-10H,2-4,6-7H2,1H3,(H,15,18). The van der Waals surface area contributed by atoms with Crippen LogP contribution < -0.4 is 5.32 Å². The van der Waals surface area contributed by atoms with Crippen molar-refractivity contribution < 1.29 is 9.72 Å². The lowest BCUT2D eigenvalue weighted by molar-refractivity contribution is -0.384. The van der Waals surface area contributed by atoms with E-state index in [-0.39, 0.29) is 11.6 Å². The highest BCUT2D eigenvalue weighted by Crippen LogP contribution is 2.32. The number of alkyl halides is 1. The van der Waals surface area contributed by atoms with Crippen LogP contribution >= 0.6 is 15.9 Å². The lowest BCUT2D eigenvalue weighted by Gasteiger charge is -2.17. The van der Waals surface area contributed by atoms with Crippen LogP contribution in [-0.2, 0) is 7.05 Å². The van der Waals surface area contributed by atoms with Crippen molar-refractivity contribution in [3.8, 4) is 0 Å². The zero-order valence-corrected chi connectivity index (χ0v) is 12.9. The van der Waals surface area contributed by atoms with Gasteiger partial charge in [0.15, 0.2) is 0 Å². The van der Waals surface area contributed by atoms with E-state index in [9.17, 15) is 14.9 Å². The van der Waals surface area contributed by atoms with Crippen molar-refractivity contribution in [3.05, 3.63) is 28.1 Å². The van der Waals surface area contributed by atoms with Gasteiger partial charge in [0.25, 0.3) is 11.6 Å². The first kappa shape index (κ1) is 15.0. The summed E-state index contributed by atoms with van der Waals surface area (Å²) in [6, 6.07) is 1.31. The Kier molecular flexibility index (Phi) is 4.80. The molecule has 2 rings (SSSR count). The first-order valence-corrected chi connectivity index (χ1v) is 7.80. The van der Waals surface area contributed by atoms with E-state index in [1.165, 1.54) is 29.7 Å². The molecule has 0 saturated heterocycles. The molecule has 7 heteroatoms. The summed E-state index contributed by atoms with van der Waals surface area (Å²) < 4.78 is 1.49. The Morgan fingerprint density at radius 2 is 2.25 bits per heavy atom. The minimum absolute atomic E-state index is 0.0585. The minimum atomic E-state index is -0.491. The third kappa shape index (κ3) is 3.20. The normalized spacial score (nSPS) is 21.9. The van der Waals surface area contributed by atoms with Gasteiger partial charge in [-0.2, -0.15) is 0 Å². The average molecular weight is 344 g/mol. The van der Waals surface area contributed by atoms with Crippen molar-refractivity contribution in [2.45, 2.75) is 19.3 Å². The molecule has 1 fully saturated rings. The summed E-state index contributed by atoms with van der Waals surface area (Å²) in [4.78, 5) is 22.3. The van der Waals surface area contributed by atoms with E-state index < -0.39 is 4.92 Å². The van der Waals surface area contributed by atoms with Crippen molar-refractivity contribution in [2.75, 3.05) is 11.9 Å². The fraction of sp³-hybridized carbons (Fsp3) is 0.615. The molecule has 1 aliphatic rings. The van der Waals surface area contributed by atoms with Crippen LogP contribution in [0.4, 0.5) is 5.69 Å². The maximum atomic E-state index is 12.1. The van der Waals surface area contributed by atoms with Gasteiger partial charge in [-0.05, 0) is 24.7 Å². The summed E-state index contributed by atoms with van der Waals surface area (Å²) >= 11 is 3.51. The number of aryl methyl sites for hydroxylation is 1. The van der Waals surface area contributed by atoms with E-state index >= 15 is 0 Å². The number of hydrogen-bond acceptors (Lipinski definition) is 3. The number of amides is 1. The SMILES string of the molecule is Cn1cc([N+](=O)[O-])cc1C(=O)NCC1CCCC1CBr. The molecule has 1 aromatic rings. The van der Waals surface area contributed by atoms with Gasteiger partial charge in [0.1, 0.15) is 5.69 Å². The van der Waals surface area contributed by atoms with Crippen molar-refractivity contribution in [1.29, 1.82) is 0 Å². The summed E-state index contributed by atoms with van der Waals surface area (Å²) in [6.07, 6.45) is 4.88. The molecule has 1 saturated carbocycles. The smallest absolute Gasteiger partial charge is 0.287 e. The number of hydrogen-bond donors (Lipinski definition) is 1. The highest BCUT2D eigenvalue weighted by molar-refractivity contribution is 9.09. The van der Waals surface area contributed by atoms with Crippen LogP contribution in [0.2, 0.25) is 0 Å². The molecule has 2 unspecified atom stereocenters. The maximum Gasteiger partial charge on any atom is 0.287 e. The van der Waals surface area contributed by atoms with Gasteiger partial charge in [0.2, 0.25) is 0 Å². The van der Waals surface area contributed by atoms with Crippen LogP contribution in [0.15, 0.2) is 12.3 Å². The molecule has 0 aliphatic heterocycles. The summed E-state index contributed by atoms with van der Waals surface area (Å²) in [5.74, 6) is 0.854. The van der Waals surface area contributed by atoms with E-state index in [2.05, 4.69) is 21.2 Å². The predicted octanol–water partition coefficient (Wildman–Crippen LogP) is 2.47. The number of halogens is 1. The number of carbonyl (C=O) groups is 1. The van der Waals surface area contributed by atoms with Crippen molar-refractivity contribution in [2.24, 2.45) is 18.9 Å². The van der Waals surface area contributed by atoms with E-state index in [0.29, 0.717) is 24.1 Å². The number of rotatable bonds is 5. The highest BCUT2D eigenvalue weighted by atomic mass is 79.9. The second-order valence-corrected chi connectivity index (χ2v) is 5.91. The molecule has 0 radical (unpaired) electrons.